The predicted molar refractivity (Wildman–Crippen MR) is 62.9 cm³/mol. The van der Waals surface area contributed by atoms with Gasteiger partial charge in [0.15, 0.2) is 0 Å². The number of nitrogens with zero attached hydrogens (tertiary/aromatic N) is 1. The van der Waals surface area contributed by atoms with Crippen molar-refractivity contribution in [2.75, 3.05) is 13.1 Å². The lowest BCUT2D eigenvalue weighted by atomic mass is 9.97. The van der Waals surface area contributed by atoms with E-state index >= 15 is 0 Å². The lowest BCUT2D eigenvalue weighted by Crippen LogP contribution is -2.43. The Morgan fingerprint density at radius 2 is 1.80 bits per heavy atom. The summed E-state index contributed by atoms with van der Waals surface area (Å²) in [6.07, 6.45) is 9.12. The van der Waals surface area contributed by atoms with E-state index in [1.54, 1.807) is 0 Å². The van der Waals surface area contributed by atoms with Crippen LogP contribution in [0.5, 0.6) is 0 Å². The number of β-amino-alcohol motifs (C(OH)–C–C–N with tert-alkyl or cyclic N) is 1. The molecule has 0 aromatic heterocycles. The van der Waals surface area contributed by atoms with Crippen LogP contribution in [-0.2, 0) is 0 Å². The summed E-state index contributed by atoms with van der Waals surface area (Å²) in [5, 5.41) is 10.2. The second-order valence-electron chi connectivity index (χ2n) is 5.45. The molecule has 0 aromatic rings. The van der Waals surface area contributed by atoms with Crippen LogP contribution >= 0.6 is 0 Å². The summed E-state index contributed by atoms with van der Waals surface area (Å²) in [6, 6.07) is 0.690. The zero-order valence-electron chi connectivity index (χ0n) is 9.99. The minimum absolute atomic E-state index is 0.0620. The van der Waals surface area contributed by atoms with Gasteiger partial charge in [0, 0.05) is 12.6 Å². The van der Waals surface area contributed by atoms with E-state index in [4.69, 9.17) is 0 Å². The largest absolute Gasteiger partial charge is 0.392 e. The van der Waals surface area contributed by atoms with Crippen molar-refractivity contribution in [1.29, 1.82) is 0 Å². The highest BCUT2D eigenvalue weighted by molar-refractivity contribution is 4.81. The normalized spacial score (nSPS) is 32.0. The summed E-state index contributed by atoms with van der Waals surface area (Å²) in [5.41, 5.74) is 0. The Bertz CT molecular complexity index is 189. The third kappa shape index (κ3) is 2.94. The summed E-state index contributed by atoms with van der Waals surface area (Å²) in [7, 11) is 0. The fourth-order valence-corrected chi connectivity index (χ4v) is 3.16. The SMILES string of the molecule is CC1CCCCN1CC(O)C1CCCC1. The van der Waals surface area contributed by atoms with Crippen LogP contribution in [0.1, 0.15) is 51.9 Å². The first-order valence-corrected chi connectivity index (χ1v) is 6.69. The van der Waals surface area contributed by atoms with E-state index in [-0.39, 0.29) is 6.10 Å². The molecule has 0 amide bonds. The fourth-order valence-electron chi connectivity index (χ4n) is 3.16. The highest BCUT2D eigenvalue weighted by atomic mass is 16.3. The smallest absolute Gasteiger partial charge is 0.0695 e. The van der Waals surface area contributed by atoms with Crippen LogP contribution in [0, 0.1) is 5.92 Å². The molecule has 15 heavy (non-hydrogen) atoms. The average Bonchev–Trinajstić information content (AvgIpc) is 2.74. The van der Waals surface area contributed by atoms with Gasteiger partial charge in [-0.05, 0) is 45.1 Å². The van der Waals surface area contributed by atoms with Crippen molar-refractivity contribution >= 4 is 0 Å². The highest BCUT2D eigenvalue weighted by Gasteiger charge is 2.27. The summed E-state index contributed by atoms with van der Waals surface area (Å²) in [4.78, 5) is 2.49. The first kappa shape index (κ1) is 11.4. The molecule has 88 valence electrons. The van der Waals surface area contributed by atoms with E-state index in [0.29, 0.717) is 12.0 Å². The Morgan fingerprint density at radius 3 is 2.47 bits per heavy atom. The topological polar surface area (TPSA) is 23.5 Å². The number of hydrogen-bond donors (Lipinski definition) is 1. The van der Waals surface area contributed by atoms with Crippen molar-refractivity contribution in [1.82, 2.24) is 4.90 Å². The summed E-state index contributed by atoms with van der Waals surface area (Å²) >= 11 is 0. The number of piperidine rings is 1. The second kappa shape index (κ2) is 5.31. The molecule has 2 rings (SSSR count). The first-order valence-electron chi connectivity index (χ1n) is 6.69. The summed E-state index contributed by atoms with van der Waals surface area (Å²) in [6.45, 7) is 4.43. The average molecular weight is 211 g/mol. The minimum atomic E-state index is -0.0620. The van der Waals surface area contributed by atoms with Crippen molar-refractivity contribution < 1.29 is 5.11 Å². The van der Waals surface area contributed by atoms with Crippen LogP contribution in [0.2, 0.25) is 0 Å². The van der Waals surface area contributed by atoms with Crippen LogP contribution in [0.15, 0.2) is 0 Å². The van der Waals surface area contributed by atoms with E-state index in [1.807, 2.05) is 0 Å². The van der Waals surface area contributed by atoms with Gasteiger partial charge in [-0.25, -0.2) is 0 Å². The van der Waals surface area contributed by atoms with E-state index in [0.717, 1.165) is 6.54 Å². The number of aliphatic hydroxyl groups is 1. The lowest BCUT2D eigenvalue weighted by molar-refractivity contribution is 0.0397. The van der Waals surface area contributed by atoms with Gasteiger partial charge in [-0.2, -0.15) is 0 Å². The van der Waals surface area contributed by atoms with Gasteiger partial charge in [0.05, 0.1) is 6.10 Å². The van der Waals surface area contributed by atoms with E-state index in [1.165, 1.54) is 51.5 Å². The molecular formula is C13H25NO. The van der Waals surface area contributed by atoms with Crippen LogP contribution < -0.4 is 0 Å². The van der Waals surface area contributed by atoms with Gasteiger partial charge in [-0.1, -0.05) is 19.3 Å². The van der Waals surface area contributed by atoms with Crippen LogP contribution in [-0.4, -0.2) is 35.2 Å². The first-order chi connectivity index (χ1) is 7.27. The van der Waals surface area contributed by atoms with Crippen LogP contribution in [0.3, 0.4) is 0 Å². The Balaban J connectivity index is 1.78. The molecule has 1 aliphatic heterocycles. The zero-order valence-corrected chi connectivity index (χ0v) is 9.99. The Labute approximate surface area is 93.7 Å². The molecule has 1 saturated heterocycles. The molecule has 0 radical (unpaired) electrons. The molecule has 1 N–H and O–H groups in total. The zero-order chi connectivity index (χ0) is 10.7. The molecule has 1 saturated carbocycles. The quantitative estimate of drug-likeness (QED) is 0.775. The van der Waals surface area contributed by atoms with Crippen molar-refractivity contribution in [3.8, 4) is 0 Å². The van der Waals surface area contributed by atoms with Crippen molar-refractivity contribution in [3.05, 3.63) is 0 Å². The monoisotopic (exact) mass is 211 g/mol. The maximum absolute atomic E-state index is 10.2. The lowest BCUT2D eigenvalue weighted by Gasteiger charge is -2.35. The van der Waals surface area contributed by atoms with E-state index in [9.17, 15) is 5.11 Å². The van der Waals surface area contributed by atoms with E-state index in [2.05, 4.69) is 11.8 Å². The Hall–Kier alpha value is -0.0800. The molecule has 2 nitrogen and oxygen atoms in total. The van der Waals surface area contributed by atoms with Gasteiger partial charge < -0.3 is 5.11 Å². The molecule has 2 fully saturated rings. The molecule has 2 unspecified atom stereocenters. The predicted octanol–water partition coefficient (Wildman–Crippen LogP) is 2.41. The molecule has 1 aliphatic carbocycles. The van der Waals surface area contributed by atoms with Gasteiger partial charge in [-0.15, -0.1) is 0 Å². The molecule has 0 spiro atoms. The van der Waals surface area contributed by atoms with Crippen molar-refractivity contribution in [3.63, 3.8) is 0 Å². The minimum Gasteiger partial charge on any atom is -0.392 e. The molecule has 0 bridgehead atoms. The van der Waals surface area contributed by atoms with Gasteiger partial charge in [-0.3, -0.25) is 4.90 Å². The van der Waals surface area contributed by atoms with Gasteiger partial charge in [0.25, 0.3) is 0 Å². The summed E-state index contributed by atoms with van der Waals surface area (Å²) < 4.78 is 0. The molecule has 0 aromatic carbocycles. The maximum atomic E-state index is 10.2. The van der Waals surface area contributed by atoms with E-state index < -0.39 is 0 Å². The second-order valence-corrected chi connectivity index (χ2v) is 5.45. The third-order valence-electron chi connectivity index (χ3n) is 4.31. The standard InChI is InChI=1S/C13H25NO/c1-11-6-4-5-9-14(11)10-13(15)12-7-2-3-8-12/h11-13,15H,2-10H2,1H3. The van der Waals surface area contributed by atoms with Gasteiger partial charge >= 0.3 is 0 Å². The number of aliphatic hydroxyl groups excluding tert-OH is 1. The molecule has 2 atom stereocenters. The molecular weight excluding hydrogens is 186 g/mol. The molecule has 2 aliphatic rings. The number of rotatable bonds is 3. The third-order valence-corrected chi connectivity index (χ3v) is 4.31. The highest BCUT2D eigenvalue weighted by Crippen LogP contribution is 2.29. The molecule has 1 heterocycles. The van der Waals surface area contributed by atoms with Crippen molar-refractivity contribution in [2.24, 2.45) is 5.92 Å². The maximum Gasteiger partial charge on any atom is 0.0695 e. The number of likely N-dealkylation sites (tertiary alicyclic amines) is 1. The molecule has 2 heteroatoms. The summed E-state index contributed by atoms with van der Waals surface area (Å²) in [5.74, 6) is 0.596. The van der Waals surface area contributed by atoms with Crippen LogP contribution in [0.4, 0.5) is 0 Å². The Kier molecular flexibility index (Phi) is 4.04. The van der Waals surface area contributed by atoms with Gasteiger partial charge in [0.1, 0.15) is 0 Å². The van der Waals surface area contributed by atoms with Gasteiger partial charge in [0.2, 0.25) is 0 Å². The van der Waals surface area contributed by atoms with Crippen LogP contribution in [0.25, 0.3) is 0 Å². The van der Waals surface area contributed by atoms with Crippen molar-refractivity contribution in [2.45, 2.75) is 64.0 Å². The Morgan fingerprint density at radius 1 is 1.13 bits per heavy atom. The fraction of sp³-hybridized carbons (Fsp3) is 1.00. The number of hydrogen-bond acceptors (Lipinski definition) is 2.